The SMILES string of the molecule is CCOP(=O)(OCC)C(CCN(O)C(C)=O)N=[N+]=[N-]. The molecule has 1 atom stereocenters. The summed E-state index contributed by atoms with van der Waals surface area (Å²) in [7, 11) is -3.60. The fraction of sp³-hybridized carbons (Fsp3) is 0.889. The number of hydrogen-bond acceptors (Lipinski definition) is 6. The van der Waals surface area contributed by atoms with E-state index in [0.29, 0.717) is 5.06 Å². The molecule has 0 aromatic heterocycles. The number of hydrogen-bond donors (Lipinski definition) is 1. The first kappa shape index (κ1) is 17.9. The summed E-state index contributed by atoms with van der Waals surface area (Å²) in [6, 6.07) is 0. The van der Waals surface area contributed by atoms with Gasteiger partial charge >= 0.3 is 7.60 Å². The highest BCUT2D eigenvalue weighted by atomic mass is 31.2. The number of amides is 1. The van der Waals surface area contributed by atoms with E-state index in [2.05, 4.69) is 10.0 Å². The van der Waals surface area contributed by atoms with Crippen LogP contribution in [0.2, 0.25) is 0 Å². The van der Waals surface area contributed by atoms with Gasteiger partial charge in [0.25, 0.3) is 0 Å². The van der Waals surface area contributed by atoms with Crippen molar-refractivity contribution in [2.24, 2.45) is 5.11 Å². The minimum absolute atomic E-state index is 0.0303. The Morgan fingerprint density at radius 3 is 2.37 bits per heavy atom. The lowest BCUT2D eigenvalue weighted by molar-refractivity contribution is -0.162. The van der Waals surface area contributed by atoms with Crippen molar-refractivity contribution in [2.75, 3.05) is 19.8 Å². The minimum Gasteiger partial charge on any atom is -0.309 e. The van der Waals surface area contributed by atoms with Gasteiger partial charge in [-0.25, -0.2) is 5.06 Å². The van der Waals surface area contributed by atoms with Crippen LogP contribution in [0.25, 0.3) is 10.4 Å². The molecule has 0 saturated carbocycles. The average Bonchev–Trinajstić information content (AvgIpc) is 2.34. The Bertz CT molecular complexity index is 375. The summed E-state index contributed by atoms with van der Waals surface area (Å²) in [5.41, 5.74) is 8.49. The molecule has 1 amide bonds. The van der Waals surface area contributed by atoms with Crippen molar-refractivity contribution in [3.63, 3.8) is 0 Å². The van der Waals surface area contributed by atoms with E-state index in [1.165, 1.54) is 6.92 Å². The molecule has 19 heavy (non-hydrogen) atoms. The van der Waals surface area contributed by atoms with E-state index in [4.69, 9.17) is 14.6 Å². The standard InChI is InChI=1S/C9H19N4O5P/c1-4-17-19(16,18-5-2)9(11-12-10)6-7-13(15)8(3)14/h9,15H,4-7H2,1-3H3. The van der Waals surface area contributed by atoms with Gasteiger partial charge in [-0.05, 0) is 25.8 Å². The van der Waals surface area contributed by atoms with Crippen molar-refractivity contribution >= 4 is 13.5 Å². The summed E-state index contributed by atoms with van der Waals surface area (Å²) in [6.45, 7) is 4.56. The van der Waals surface area contributed by atoms with Crippen molar-refractivity contribution in [3.8, 4) is 0 Å². The van der Waals surface area contributed by atoms with Gasteiger partial charge in [0.2, 0.25) is 5.91 Å². The lowest BCUT2D eigenvalue weighted by Gasteiger charge is -2.23. The second-order valence-corrected chi connectivity index (χ2v) is 5.68. The second-order valence-electron chi connectivity index (χ2n) is 3.49. The monoisotopic (exact) mass is 294 g/mol. The van der Waals surface area contributed by atoms with Crippen LogP contribution in [0.3, 0.4) is 0 Å². The summed E-state index contributed by atoms with van der Waals surface area (Å²) < 4.78 is 22.5. The molecule has 0 aliphatic rings. The second kappa shape index (κ2) is 8.90. The van der Waals surface area contributed by atoms with E-state index < -0.39 is 19.3 Å². The van der Waals surface area contributed by atoms with Crippen LogP contribution in [-0.4, -0.2) is 41.7 Å². The summed E-state index contributed by atoms with van der Waals surface area (Å²) in [4.78, 5) is 13.5. The molecular formula is C9H19N4O5P. The lowest BCUT2D eigenvalue weighted by atomic mass is 10.4. The van der Waals surface area contributed by atoms with Crippen LogP contribution in [0, 0.1) is 0 Å². The highest BCUT2D eigenvalue weighted by molar-refractivity contribution is 7.54. The molecular weight excluding hydrogens is 275 g/mol. The van der Waals surface area contributed by atoms with E-state index in [1.54, 1.807) is 13.8 Å². The van der Waals surface area contributed by atoms with Gasteiger partial charge in [-0.2, -0.15) is 0 Å². The Morgan fingerprint density at radius 2 is 2.00 bits per heavy atom. The summed E-state index contributed by atoms with van der Waals surface area (Å²) in [6.07, 6.45) is -0.0303. The molecule has 110 valence electrons. The number of rotatable bonds is 9. The van der Waals surface area contributed by atoms with Crippen molar-refractivity contribution < 1.29 is 23.6 Å². The van der Waals surface area contributed by atoms with Crippen molar-refractivity contribution in [1.29, 1.82) is 0 Å². The fourth-order valence-corrected chi connectivity index (χ4v) is 3.05. The number of hydroxylamine groups is 2. The summed E-state index contributed by atoms with van der Waals surface area (Å²) in [5.74, 6) is -1.66. The zero-order chi connectivity index (χ0) is 14.9. The number of azide groups is 1. The van der Waals surface area contributed by atoms with Gasteiger partial charge in [0.05, 0.1) is 13.2 Å². The van der Waals surface area contributed by atoms with E-state index in [1.807, 2.05) is 0 Å². The van der Waals surface area contributed by atoms with Crippen LogP contribution in [0.4, 0.5) is 0 Å². The molecule has 0 bridgehead atoms. The fourth-order valence-electron chi connectivity index (χ4n) is 1.30. The van der Waals surface area contributed by atoms with Gasteiger partial charge in [0.15, 0.2) is 0 Å². The summed E-state index contributed by atoms with van der Waals surface area (Å²) >= 11 is 0. The lowest BCUT2D eigenvalue weighted by Crippen LogP contribution is -2.28. The average molecular weight is 294 g/mol. The molecule has 0 aromatic carbocycles. The minimum atomic E-state index is -3.60. The van der Waals surface area contributed by atoms with Crippen molar-refractivity contribution in [1.82, 2.24) is 5.06 Å². The molecule has 0 aromatic rings. The van der Waals surface area contributed by atoms with E-state index in [0.717, 1.165) is 0 Å². The first-order chi connectivity index (χ1) is 8.91. The number of carbonyl (C=O) groups excluding carboxylic acids is 1. The maximum absolute atomic E-state index is 12.4. The third-order valence-corrected chi connectivity index (χ3v) is 4.46. The molecule has 10 heteroatoms. The van der Waals surface area contributed by atoms with Crippen LogP contribution in [0.5, 0.6) is 0 Å². The highest BCUT2D eigenvalue weighted by Gasteiger charge is 2.35. The van der Waals surface area contributed by atoms with E-state index in [-0.39, 0.29) is 26.2 Å². The Hall–Kier alpha value is -1.11. The molecule has 1 N–H and O–H groups in total. The molecule has 0 aliphatic carbocycles. The first-order valence-corrected chi connectivity index (χ1v) is 7.42. The largest absolute Gasteiger partial charge is 0.339 e. The highest BCUT2D eigenvalue weighted by Crippen LogP contribution is 2.54. The molecule has 0 aliphatic heterocycles. The number of nitrogens with zero attached hydrogens (tertiary/aromatic N) is 4. The number of carbonyl (C=O) groups is 1. The Kier molecular flexibility index (Phi) is 8.38. The van der Waals surface area contributed by atoms with Crippen LogP contribution >= 0.6 is 7.60 Å². The van der Waals surface area contributed by atoms with Crippen LogP contribution in [0.1, 0.15) is 27.2 Å². The smallest absolute Gasteiger partial charge is 0.309 e. The molecule has 9 nitrogen and oxygen atoms in total. The molecule has 0 saturated heterocycles. The van der Waals surface area contributed by atoms with Gasteiger partial charge in [-0.15, -0.1) is 0 Å². The topological polar surface area (TPSA) is 125 Å². The van der Waals surface area contributed by atoms with Gasteiger partial charge in [0.1, 0.15) is 5.78 Å². The zero-order valence-corrected chi connectivity index (χ0v) is 12.1. The van der Waals surface area contributed by atoms with E-state index in [9.17, 15) is 14.6 Å². The molecule has 0 spiro atoms. The molecule has 1 unspecified atom stereocenters. The predicted molar refractivity (Wildman–Crippen MR) is 67.6 cm³/mol. The maximum atomic E-state index is 12.4. The van der Waals surface area contributed by atoms with Crippen LogP contribution in [0.15, 0.2) is 5.11 Å². The van der Waals surface area contributed by atoms with E-state index >= 15 is 0 Å². The van der Waals surface area contributed by atoms with Crippen molar-refractivity contribution in [2.45, 2.75) is 33.0 Å². The molecule has 0 rings (SSSR count). The third-order valence-electron chi connectivity index (χ3n) is 2.13. The zero-order valence-electron chi connectivity index (χ0n) is 11.2. The van der Waals surface area contributed by atoms with Crippen LogP contribution in [-0.2, 0) is 18.4 Å². The van der Waals surface area contributed by atoms with Gasteiger partial charge in [0, 0.05) is 18.4 Å². The maximum Gasteiger partial charge on any atom is 0.339 e. The quantitative estimate of drug-likeness (QED) is 0.175. The van der Waals surface area contributed by atoms with Gasteiger partial charge in [-0.3, -0.25) is 14.6 Å². The van der Waals surface area contributed by atoms with Crippen LogP contribution < -0.4 is 0 Å². The molecule has 0 fully saturated rings. The summed E-state index contributed by atoms with van der Waals surface area (Å²) in [5, 5.41) is 13.1. The Balaban J connectivity index is 4.90. The Labute approximate surface area is 111 Å². The first-order valence-electron chi connectivity index (χ1n) is 5.81. The van der Waals surface area contributed by atoms with Crippen molar-refractivity contribution in [3.05, 3.63) is 10.4 Å². The van der Waals surface area contributed by atoms with Gasteiger partial charge < -0.3 is 9.05 Å². The Morgan fingerprint density at radius 1 is 1.47 bits per heavy atom. The predicted octanol–water partition coefficient (Wildman–Crippen LogP) is 2.52. The third kappa shape index (κ3) is 6.04. The molecule has 0 heterocycles. The molecule has 0 radical (unpaired) electrons. The normalized spacial score (nSPS) is 12.6. The van der Waals surface area contributed by atoms with Gasteiger partial charge in [-0.1, -0.05) is 5.11 Å².